The van der Waals surface area contributed by atoms with Gasteiger partial charge in [-0.05, 0) is 6.07 Å². The first-order chi connectivity index (χ1) is 7.81. The summed E-state index contributed by atoms with van der Waals surface area (Å²) in [7, 11) is 0. The Hall–Kier alpha value is -1.48. The van der Waals surface area contributed by atoms with E-state index in [4.69, 9.17) is 15.5 Å². The molecule has 0 amide bonds. The van der Waals surface area contributed by atoms with Crippen LogP contribution in [0.1, 0.15) is 11.3 Å². The van der Waals surface area contributed by atoms with Gasteiger partial charge in [0.1, 0.15) is 11.8 Å². The van der Waals surface area contributed by atoms with Gasteiger partial charge in [0.15, 0.2) is 0 Å². The van der Waals surface area contributed by atoms with E-state index in [0.717, 1.165) is 5.56 Å². The first kappa shape index (κ1) is 12.6. The normalized spacial score (nSPS) is 10.4. The maximum Gasteiger partial charge on any atom is 0.144 e. The quantitative estimate of drug-likeness (QED) is 0.691. The van der Waals surface area contributed by atoms with Crippen LogP contribution in [0.2, 0.25) is 0 Å². The highest BCUT2D eigenvalue weighted by molar-refractivity contribution is 5.30. The fourth-order valence-electron chi connectivity index (χ4n) is 1.46. The van der Waals surface area contributed by atoms with Crippen LogP contribution in [0.3, 0.4) is 0 Å². The molecular weight excluding hydrogens is 206 g/mol. The Bertz CT molecular complexity index is 356. The lowest BCUT2D eigenvalue weighted by atomic mass is 10.2. The monoisotopic (exact) mass is 221 g/mol. The molecule has 0 atom stereocenters. The van der Waals surface area contributed by atoms with Crippen LogP contribution >= 0.6 is 0 Å². The van der Waals surface area contributed by atoms with Crippen molar-refractivity contribution in [3.8, 4) is 6.07 Å². The number of hydrogen-bond acceptors (Lipinski definition) is 5. The summed E-state index contributed by atoms with van der Waals surface area (Å²) in [6.45, 7) is 1.52. The summed E-state index contributed by atoms with van der Waals surface area (Å²) in [6, 6.07) is 5.62. The van der Waals surface area contributed by atoms with Gasteiger partial charge < -0.3 is 10.2 Å². The Morgan fingerprint density at radius 2 is 2.00 bits per heavy atom. The maximum absolute atomic E-state index is 8.86. The number of nitriles is 1. The van der Waals surface area contributed by atoms with Gasteiger partial charge in [-0.3, -0.25) is 4.90 Å². The van der Waals surface area contributed by atoms with Crippen LogP contribution in [-0.4, -0.2) is 46.4 Å². The van der Waals surface area contributed by atoms with Crippen LogP contribution < -0.4 is 0 Å². The average Bonchev–Trinajstić information content (AvgIpc) is 2.30. The number of pyridine rings is 1. The van der Waals surface area contributed by atoms with Gasteiger partial charge in [-0.1, -0.05) is 6.07 Å². The van der Waals surface area contributed by atoms with E-state index in [1.807, 2.05) is 17.0 Å². The molecule has 1 aromatic rings. The first-order valence-electron chi connectivity index (χ1n) is 5.10. The van der Waals surface area contributed by atoms with Crippen molar-refractivity contribution in [2.75, 3.05) is 26.3 Å². The summed E-state index contributed by atoms with van der Waals surface area (Å²) >= 11 is 0. The molecule has 1 heterocycles. The minimum atomic E-state index is 0.0299. The second-order valence-corrected chi connectivity index (χ2v) is 3.35. The van der Waals surface area contributed by atoms with Gasteiger partial charge in [-0.25, -0.2) is 4.98 Å². The van der Waals surface area contributed by atoms with E-state index < -0.39 is 0 Å². The van der Waals surface area contributed by atoms with Crippen LogP contribution in [0, 0.1) is 11.3 Å². The lowest BCUT2D eigenvalue weighted by molar-refractivity contribution is 0.155. The van der Waals surface area contributed by atoms with Crippen molar-refractivity contribution in [3.05, 3.63) is 29.6 Å². The third kappa shape index (κ3) is 3.59. The van der Waals surface area contributed by atoms with Crippen molar-refractivity contribution < 1.29 is 10.2 Å². The minimum Gasteiger partial charge on any atom is -0.395 e. The molecule has 0 aliphatic rings. The molecule has 0 fully saturated rings. The topological polar surface area (TPSA) is 80.4 Å². The highest BCUT2D eigenvalue weighted by Gasteiger charge is 2.08. The Morgan fingerprint density at radius 1 is 1.31 bits per heavy atom. The molecule has 5 heteroatoms. The molecule has 0 aliphatic carbocycles. The van der Waals surface area contributed by atoms with Crippen LogP contribution in [-0.2, 0) is 6.54 Å². The SMILES string of the molecule is N#Cc1ncccc1CN(CCO)CCO. The molecule has 16 heavy (non-hydrogen) atoms. The summed E-state index contributed by atoms with van der Waals surface area (Å²) in [6.07, 6.45) is 1.57. The average molecular weight is 221 g/mol. The van der Waals surface area contributed by atoms with Crippen LogP contribution in [0.25, 0.3) is 0 Å². The summed E-state index contributed by atoms with van der Waals surface area (Å²) in [4.78, 5) is 5.83. The first-order valence-corrected chi connectivity index (χ1v) is 5.10. The number of nitrogens with zero attached hydrogens (tertiary/aromatic N) is 3. The molecule has 0 spiro atoms. The Balaban J connectivity index is 2.72. The van der Waals surface area contributed by atoms with E-state index in [2.05, 4.69) is 4.98 Å². The van der Waals surface area contributed by atoms with E-state index in [9.17, 15) is 0 Å². The molecule has 86 valence electrons. The summed E-state index contributed by atoms with van der Waals surface area (Å²) in [5.74, 6) is 0. The van der Waals surface area contributed by atoms with Gasteiger partial charge >= 0.3 is 0 Å². The van der Waals surface area contributed by atoms with Crippen molar-refractivity contribution >= 4 is 0 Å². The number of aliphatic hydroxyl groups is 2. The molecule has 0 unspecified atom stereocenters. The smallest absolute Gasteiger partial charge is 0.144 e. The van der Waals surface area contributed by atoms with Crippen molar-refractivity contribution in [3.63, 3.8) is 0 Å². The molecular formula is C11H15N3O2. The van der Waals surface area contributed by atoms with E-state index in [1.54, 1.807) is 12.3 Å². The van der Waals surface area contributed by atoms with Crippen LogP contribution in [0.15, 0.2) is 18.3 Å². The standard InChI is InChI=1S/C11H15N3O2/c12-8-11-10(2-1-3-13-11)9-14(4-6-15)5-7-16/h1-3,15-16H,4-7,9H2. The minimum absolute atomic E-state index is 0.0299. The van der Waals surface area contributed by atoms with Crippen molar-refractivity contribution in [1.82, 2.24) is 9.88 Å². The highest BCUT2D eigenvalue weighted by atomic mass is 16.3. The van der Waals surface area contributed by atoms with Gasteiger partial charge in [0, 0.05) is 31.4 Å². The van der Waals surface area contributed by atoms with E-state index in [0.29, 0.717) is 25.3 Å². The molecule has 1 rings (SSSR count). The summed E-state index contributed by atoms with van der Waals surface area (Å²) < 4.78 is 0. The van der Waals surface area contributed by atoms with Gasteiger partial charge in [-0.2, -0.15) is 5.26 Å². The van der Waals surface area contributed by atoms with Crippen LogP contribution in [0.5, 0.6) is 0 Å². The molecule has 0 bridgehead atoms. The summed E-state index contributed by atoms with van der Waals surface area (Å²) in [5.41, 5.74) is 1.20. The molecule has 1 aromatic heterocycles. The molecule has 5 nitrogen and oxygen atoms in total. The van der Waals surface area contributed by atoms with Gasteiger partial charge in [0.25, 0.3) is 0 Å². The Labute approximate surface area is 94.6 Å². The molecule has 2 N–H and O–H groups in total. The zero-order valence-corrected chi connectivity index (χ0v) is 9.00. The molecule has 0 radical (unpaired) electrons. The van der Waals surface area contributed by atoms with E-state index in [1.165, 1.54) is 0 Å². The zero-order valence-electron chi connectivity index (χ0n) is 9.00. The molecule has 0 aromatic carbocycles. The van der Waals surface area contributed by atoms with Crippen molar-refractivity contribution in [1.29, 1.82) is 5.26 Å². The largest absolute Gasteiger partial charge is 0.395 e. The number of rotatable bonds is 6. The Kier molecular flexibility index (Phi) is 5.43. The molecule has 0 saturated carbocycles. The highest BCUT2D eigenvalue weighted by Crippen LogP contribution is 2.07. The zero-order chi connectivity index (χ0) is 11.8. The van der Waals surface area contributed by atoms with Crippen molar-refractivity contribution in [2.24, 2.45) is 0 Å². The van der Waals surface area contributed by atoms with Gasteiger partial charge in [-0.15, -0.1) is 0 Å². The fraction of sp³-hybridized carbons (Fsp3) is 0.455. The van der Waals surface area contributed by atoms with Gasteiger partial charge in [0.2, 0.25) is 0 Å². The fourth-order valence-corrected chi connectivity index (χ4v) is 1.46. The number of aromatic nitrogens is 1. The second-order valence-electron chi connectivity index (χ2n) is 3.35. The summed E-state index contributed by atoms with van der Waals surface area (Å²) in [5, 5.41) is 26.6. The third-order valence-corrected chi connectivity index (χ3v) is 2.22. The van der Waals surface area contributed by atoms with E-state index >= 15 is 0 Å². The van der Waals surface area contributed by atoms with Crippen molar-refractivity contribution in [2.45, 2.75) is 6.54 Å². The lowest BCUT2D eigenvalue weighted by Crippen LogP contribution is -2.29. The Morgan fingerprint density at radius 3 is 2.56 bits per heavy atom. The second kappa shape index (κ2) is 6.90. The van der Waals surface area contributed by atoms with Crippen LogP contribution in [0.4, 0.5) is 0 Å². The predicted octanol–water partition coefficient (Wildman–Crippen LogP) is -0.260. The lowest BCUT2D eigenvalue weighted by Gasteiger charge is -2.20. The molecule has 0 aliphatic heterocycles. The number of aliphatic hydroxyl groups excluding tert-OH is 2. The third-order valence-electron chi connectivity index (χ3n) is 2.22. The molecule has 0 saturated heterocycles. The maximum atomic E-state index is 8.86. The number of hydrogen-bond donors (Lipinski definition) is 2. The predicted molar refractivity (Wildman–Crippen MR) is 58.4 cm³/mol. The van der Waals surface area contributed by atoms with E-state index in [-0.39, 0.29) is 13.2 Å². The van der Waals surface area contributed by atoms with Gasteiger partial charge in [0.05, 0.1) is 13.2 Å².